The second-order valence-electron chi connectivity index (χ2n) is 18.8. The topological polar surface area (TPSA) is 267 Å². The van der Waals surface area contributed by atoms with Crippen molar-refractivity contribution in [2.24, 2.45) is 11.8 Å². The number of phosphoric acid groups is 1. The molecule has 2 fully saturated rings. The Hall–Kier alpha value is -2.34. The minimum atomic E-state index is -5.45. The lowest BCUT2D eigenvalue weighted by Crippen LogP contribution is -2.55. The average Bonchev–Trinajstić information content (AvgIpc) is 3.31. The molecule has 2 bridgehead atoms. The number of aliphatic hydroxyl groups is 7. The van der Waals surface area contributed by atoms with Gasteiger partial charge in [-0.1, -0.05) is 147 Å². The van der Waals surface area contributed by atoms with Gasteiger partial charge in [-0.05, 0) is 57.8 Å². The Morgan fingerprint density at radius 1 is 0.721 bits per heavy atom. The molecule has 2 aliphatic rings. The number of hydrogen-bond donors (Lipinski definition) is 8. The van der Waals surface area contributed by atoms with Crippen molar-refractivity contribution in [3.63, 3.8) is 0 Å². The summed E-state index contributed by atoms with van der Waals surface area (Å²) in [6, 6.07) is 0. The summed E-state index contributed by atoms with van der Waals surface area (Å²) in [6.45, 7) is 2.81. The molecule has 12 atom stereocenters. The van der Waals surface area contributed by atoms with Gasteiger partial charge in [0, 0.05) is 31.1 Å². The van der Waals surface area contributed by atoms with E-state index >= 15 is 0 Å². The smallest absolute Gasteiger partial charge is 0.462 e. The predicted octanol–water partition coefficient (Wildman–Crippen LogP) is 7.54. The van der Waals surface area contributed by atoms with Crippen molar-refractivity contribution in [2.45, 2.75) is 242 Å². The number of esters is 2. The van der Waals surface area contributed by atoms with E-state index in [0.717, 1.165) is 64.2 Å². The van der Waals surface area contributed by atoms with Gasteiger partial charge < -0.3 is 50.1 Å². The number of aliphatic hydroxyl groups excluding tert-OH is 7. The molecule has 1 unspecified atom stereocenters. The highest BCUT2D eigenvalue weighted by Gasteiger charge is 2.49. The summed E-state index contributed by atoms with van der Waals surface area (Å²) in [5.41, 5.74) is 0. The quantitative estimate of drug-likeness (QED) is 0.0190. The molecule has 0 aromatic rings. The van der Waals surface area contributed by atoms with Crippen molar-refractivity contribution in [3.05, 3.63) is 36.5 Å². The minimum Gasteiger partial charge on any atom is -0.462 e. The van der Waals surface area contributed by atoms with Crippen molar-refractivity contribution < 1.29 is 78.1 Å². The Morgan fingerprint density at radius 3 is 1.97 bits per heavy atom. The number of fused-ring (bicyclic) bond motifs is 4. The molecule has 16 nitrogen and oxygen atoms in total. The second kappa shape index (κ2) is 36.6. The Labute approximate surface area is 406 Å². The van der Waals surface area contributed by atoms with Gasteiger partial charge in [-0.15, -0.1) is 0 Å². The second-order valence-corrected chi connectivity index (χ2v) is 20.2. The van der Waals surface area contributed by atoms with Crippen LogP contribution < -0.4 is 0 Å². The van der Waals surface area contributed by atoms with E-state index in [0.29, 0.717) is 44.9 Å². The molecule has 0 radical (unpaired) electrons. The molecule has 394 valence electrons. The van der Waals surface area contributed by atoms with Gasteiger partial charge in [0.15, 0.2) is 6.10 Å². The highest BCUT2D eigenvalue weighted by atomic mass is 31.2. The summed E-state index contributed by atoms with van der Waals surface area (Å²) in [7, 11) is -5.45. The van der Waals surface area contributed by atoms with E-state index in [1.807, 2.05) is 6.92 Å². The molecule has 0 amide bonds. The zero-order chi connectivity index (χ0) is 50.2. The van der Waals surface area contributed by atoms with Crippen LogP contribution in [0.2, 0.25) is 0 Å². The van der Waals surface area contributed by atoms with E-state index in [4.69, 9.17) is 18.5 Å². The lowest BCUT2D eigenvalue weighted by atomic mass is 9.83. The lowest BCUT2D eigenvalue weighted by molar-refractivity contribution is -0.166. The average molecular weight is 989 g/mol. The zero-order valence-corrected chi connectivity index (χ0v) is 42.0. The molecule has 2 rings (SSSR count). The van der Waals surface area contributed by atoms with Gasteiger partial charge in [0.1, 0.15) is 36.8 Å². The largest absolute Gasteiger partial charge is 0.472 e. The first-order chi connectivity index (χ1) is 32.6. The maximum Gasteiger partial charge on any atom is 0.472 e. The minimum absolute atomic E-state index is 0.00990. The van der Waals surface area contributed by atoms with Crippen LogP contribution in [0.5, 0.6) is 0 Å². The van der Waals surface area contributed by atoms with Crippen LogP contribution in [0.4, 0.5) is 0 Å². The van der Waals surface area contributed by atoms with Gasteiger partial charge in [-0.2, -0.15) is 0 Å². The Balaban J connectivity index is 2.08. The predicted molar refractivity (Wildman–Crippen MR) is 259 cm³/mol. The number of allylic oxidation sites excluding steroid dienone is 4. The van der Waals surface area contributed by atoms with Gasteiger partial charge in [-0.3, -0.25) is 23.4 Å². The van der Waals surface area contributed by atoms with Crippen LogP contribution in [0.1, 0.15) is 187 Å². The fourth-order valence-corrected chi connectivity index (χ4v) is 9.55. The summed E-state index contributed by atoms with van der Waals surface area (Å²) < 4.78 is 34.8. The number of unbranched alkanes of at least 4 members (excludes halogenated alkanes) is 14. The lowest BCUT2D eigenvalue weighted by Gasteiger charge is -2.36. The van der Waals surface area contributed by atoms with Crippen molar-refractivity contribution in [3.8, 4) is 0 Å². The molecule has 0 spiro atoms. The number of carbonyl (C=O) groups excluding carboxylic acids is 3. The number of rotatable bonds is 25. The van der Waals surface area contributed by atoms with Crippen LogP contribution in [0.15, 0.2) is 36.5 Å². The zero-order valence-electron chi connectivity index (χ0n) is 41.1. The first kappa shape index (κ1) is 61.8. The molecule has 0 aromatic carbocycles. The summed E-state index contributed by atoms with van der Waals surface area (Å²) in [4.78, 5) is 50.2. The number of Topliss-reactive ketones (excluding diaryl/α,β-unsaturated/α-hetero) is 1. The highest BCUT2D eigenvalue weighted by molar-refractivity contribution is 7.47. The van der Waals surface area contributed by atoms with Crippen molar-refractivity contribution in [1.29, 1.82) is 0 Å². The molecular formula is C51H89O16P. The van der Waals surface area contributed by atoms with Crippen LogP contribution >= 0.6 is 7.82 Å². The Morgan fingerprint density at radius 2 is 1.31 bits per heavy atom. The Bertz CT molecular complexity index is 1510. The van der Waals surface area contributed by atoms with Crippen molar-refractivity contribution in [1.82, 2.24) is 0 Å². The molecule has 1 aliphatic heterocycles. The van der Waals surface area contributed by atoms with E-state index < -0.39 is 112 Å². The van der Waals surface area contributed by atoms with Crippen LogP contribution in [0.25, 0.3) is 0 Å². The normalized spacial score (nSPS) is 30.6. The summed E-state index contributed by atoms with van der Waals surface area (Å²) in [6.07, 6.45) is 13.7. The summed E-state index contributed by atoms with van der Waals surface area (Å²) in [5.74, 6) is -4.90. The molecule has 1 saturated carbocycles. The third-order valence-electron chi connectivity index (χ3n) is 12.8. The summed E-state index contributed by atoms with van der Waals surface area (Å²) >= 11 is 0. The van der Waals surface area contributed by atoms with Crippen LogP contribution in [-0.2, 0) is 37.5 Å². The van der Waals surface area contributed by atoms with Crippen molar-refractivity contribution in [2.75, 3.05) is 13.2 Å². The van der Waals surface area contributed by atoms with Gasteiger partial charge >= 0.3 is 19.8 Å². The van der Waals surface area contributed by atoms with Crippen LogP contribution in [0.3, 0.4) is 0 Å². The molecular weight excluding hydrogens is 900 g/mol. The molecule has 0 aromatic heterocycles. The van der Waals surface area contributed by atoms with E-state index in [-0.39, 0.29) is 19.3 Å². The fraction of sp³-hybridized carbons (Fsp3) is 0.824. The van der Waals surface area contributed by atoms with E-state index in [1.54, 1.807) is 0 Å². The van der Waals surface area contributed by atoms with Gasteiger partial charge in [0.2, 0.25) is 0 Å². The van der Waals surface area contributed by atoms with E-state index in [1.165, 1.54) is 50.7 Å². The molecule has 17 heteroatoms. The third kappa shape index (κ3) is 26.2. The maximum absolute atomic E-state index is 13.7. The van der Waals surface area contributed by atoms with Gasteiger partial charge in [0.05, 0.1) is 31.0 Å². The number of ether oxygens (including phenoxy) is 2. The molecule has 1 saturated heterocycles. The first-order valence-corrected chi connectivity index (χ1v) is 27.4. The van der Waals surface area contributed by atoms with E-state index in [2.05, 4.69) is 31.2 Å². The Kier molecular flexibility index (Phi) is 33.2. The number of hydrogen-bond acceptors (Lipinski definition) is 15. The maximum atomic E-state index is 13.7. The number of phosphoric ester groups is 1. The molecule has 8 N–H and O–H groups in total. The van der Waals surface area contributed by atoms with Crippen molar-refractivity contribution >= 4 is 25.5 Å². The molecule has 1 aliphatic carbocycles. The SMILES string of the molecule is CCCCC/C=C\C/C=C\CCCCCCCCCCCC(=O)O[C@@H]1COC(=O)CCCCCC[C@H]2C(=O)C[C@@H](O)[C@H](/C=C/[C@@H](O)CCCCC)[C@@H](O)[C@@H](O)[C@@H](OP(=O)(O)OC1)[C@H](O)[C@@H](O)[C@@H]2O. The van der Waals surface area contributed by atoms with Crippen LogP contribution in [0, 0.1) is 11.8 Å². The molecule has 68 heavy (non-hydrogen) atoms. The standard InChI is InChI=1S/C51H89O16P/c1-3-5-7-8-9-10-11-12-13-14-15-16-17-18-19-20-21-22-28-32-45(56)66-39-36-64-44(55)31-27-24-23-26-30-40-42(53)35-43(54)41(34-33-38(52)29-25-6-4-2)47(58)49(60)51(50(61)48(59)46(40)57)67-68(62,63)65-37-39/h9-10,12-13,33-34,38-41,43,46-52,54,57-61H,3-8,11,14-32,35-37H2,1-2H3,(H,62,63)/b10-9-,13-12-,34-33+/t38-,39+,40-,41-,43+,46+,47+,48-,49+,50+,51+/m0/s1. The molecule has 1 heterocycles. The van der Waals surface area contributed by atoms with Gasteiger partial charge in [0.25, 0.3) is 0 Å². The monoisotopic (exact) mass is 989 g/mol. The number of carbonyl (C=O) groups is 3. The summed E-state index contributed by atoms with van der Waals surface area (Å²) in [5, 5.41) is 78.8. The van der Waals surface area contributed by atoms with Gasteiger partial charge in [-0.25, -0.2) is 4.57 Å². The first-order valence-electron chi connectivity index (χ1n) is 25.9. The highest BCUT2D eigenvalue weighted by Crippen LogP contribution is 2.47. The third-order valence-corrected chi connectivity index (χ3v) is 13.8. The fourth-order valence-electron chi connectivity index (χ4n) is 8.58. The number of ketones is 1. The van der Waals surface area contributed by atoms with E-state index in [9.17, 15) is 59.6 Å². The number of cyclic esters (lactones) is 1. The van der Waals surface area contributed by atoms with Crippen LogP contribution in [-0.4, -0.2) is 127 Å².